The van der Waals surface area contributed by atoms with Crippen LogP contribution in [-0.2, 0) is 16.0 Å². The van der Waals surface area contributed by atoms with Crippen LogP contribution >= 0.6 is 0 Å². The van der Waals surface area contributed by atoms with Crippen LogP contribution in [-0.4, -0.2) is 45.6 Å². The van der Waals surface area contributed by atoms with Crippen molar-refractivity contribution in [2.45, 2.75) is 37.6 Å². The summed E-state index contributed by atoms with van der Waals surface area (Å²) < 4.78 is 25.1. The summed E-state index contributed by atoms with van der Waals surface area (Å²) >= 11 is 0. The molecule has 2 aliphatic rings. The highest BCUT2D eigenvalue weighted by atomic mass is 19.1. The van der Waals surface area contributed by atoms with Crippen molar-refractivity contribution in [2.75, 3.05) is 32.2 Å². The fourth-order valence-electron chi connectivity index (χ4n) is 2.95. The van der Waals surface area contributed by atoms with Gasteiger partial charge in [0.15, 0.2) is 0 Å². The molecule has 116 valence electrons. The van der Waals surface area contributed by atoms with E-state index in [2.05, 4.69) is 10.2 Å². The molecule has 2 atom stereocenters. The molecule has 0 spiro atoms. The summed E-state index contributed by atoms with van der Waals surface area (Å²) in [6.07, 6.45) is 2.46. The fourth-order valence-corrected chi connectivity index (χ4v) is 2.95. The van der Waals surface area contributed by atoms with E-state index in [1.165, 1.54) is 18.9 Å². The first-order valence-electron chi connectivity index (χ1n) is 7.54. The Balaban J connectivity index is 1.79. The van der Waals surface area contributed by atoms with E-state index in [4.69, 9.17) is 9.47 Å². The summed E-state index contributed by atoms with van der Waals surface area (Å²) in [5, 5.41) is 3.40. The van der Waals surface area contributed by atoms with Crippen LogP contribution in [0.2, 0.25) is 0 Å². The van der Waals surface area contributed by atoms with Crippen molar-refractivity contribution in [3.63, 3.8) is 0 Å². The molecule has 3 rings (SSSR count). The van der Waals surface area contributed by atoms with Crippen LogP contribution in [0, 0.1) is 5.82 Å². The monoisotopic (exact) mass is 294 g/mol. The Morgan fingerprint density at radius 3 is 2.43 bits per heavy atom. The Hall–Kier alpha value is -1.17. The van der Waals surface area contributed by atoms with E-state index >= 15 is 0 Å². The second-order valence-corrected chi connectivity index (χ2v) is 5.85. The number of benzene rings is 1. The Morgan fingerprint density at radius 1 is 1.19 bits per heavy atom. The average Bonchev–Trinajstić information content (AvgIpc) is 3.23. The summed E-state index contributed by atoms with van der Waals surface area (Å²) in [6, 6.07) is 5.85. The van der Waals surface area contributed by atoms with Crippen molar-refractivity contribution in [3.8, 4) is 0 Å². The fraction of sp³-hybridized carbons (Fsp3) is 0.625. The van der Waals surface area contributed by atoms with Crippen LogP contribution < -0.4 is 10.2 Å². The van der Waals surface area contributed by atoms with E-state index < -0.39 is 0 Å². The van der Waals surface area contributed by atoms with Gasteiger partial charge in [0.2, 0.25) is 0 Å². The minimum atomic E-state index is -0.143. The third-order valence-corrected chi connectivity index (χ3v) is 4.40. The molecule has 1 aliphatic heterocycles. The molecular weight excluding hydrogens is 271 g/mol. The second-order valence-electron chi connectivity index (χ2n) is 5.85. The Bertz CT molecular complexity index is 481. The number of halogens is 1. The van der Waals surface area contributed by atoms with Crippen LogP contribution in [0.5, 0.6) is 0 Å². The summed E-state index contributed by atoms with van der Waals surface area (Å²) in [6.45, 7) is 2.04. The van der Waals surface area contributed by atoms with E-state index in [-0.39, 0.29) is 18.0 Å². The molecule has 1 saturated heterocycles. The molecular formula is C16H23FN2O2. The van der Waals surface area contributed by atoms with Gasteiger partial charge in [-0.15, -0.1) is 0 Å². The highest BCUT2D eigenvalue weighted by Gasteiger charge is 2.34. The predicted octanol–water partition coefficient (Wildman–Crippen LogP) is 1.93. The van der Waals surface area contributed by atoms with Crippen LogP contribution in [0.4, 0.5) is 10.1 Å². The van der Waals surface area contributed by atoms with Crippen molar-refractivity contribution in [1.29, 1.82) is 0 Å². The largest absolute Gasteiger partial charge is 0.377 e. The molecule has 1 saturated carbocycles. The molecule has 4 nitrogen and oxygen atoms in total. The first-order valence-corrected chi connectivity index (χ1v) is 7.54. The summed E-state index contributed by atoms with van der Waals surface area (Å²) in [5.41, 5.74) is 1.70. The molecule has 1 aromatic carbocycles. The van der Waals surface area contributed by atoms with Gasteiger partial charge in [0, 0.05) is 51.1 Å². The Morgan fingerprint density at radius 2 is 1.86 bits per heavy atom. The average molecular weight is 294 g/mol. The van der Waals surface area contributed by atoms with E-state index in [1.54, 1.807) is 20.3 Å². The normalized spacial score (nSPS) is 25.6. The molecule has 5 heteroatoms. The smallest absolute Gasteiger partial charge is 0.129 e. The van der Waals surface area contributed by atoms with Gasteiger partial charge in [0.05, 0.1) is 0 Å². The number of anilines is 1. The zero-order valence-corrected chi connectivity index (χ0v) is 12.6. The number of ether oxygens (including phenoxy) is 2. The van der Waals surface area contributed by atoms with Crippen molar-refractivity contribution < 1.29 is 13.9 Å². The summed E-state index contributed by atoms with van der Waals surface area (Å²) in [7, 11) is 3.39. The van der Waals surface area contributed by atoms with Crippen LogP contribution in [0.25, 0.3) is 0 Å². The van der Waals surface area contributed by atoms with Gasteiger partial charge < -0.3 is 19.7 Å². The zero-order valence-electron chi connectivity index (χ0n) is 12.6. The number of rotatable bonds is 6. The lowest BCUT2D eigenvalue weighted by Gasteiger charge is -2.22. The first kappa shape index (κ1) is 14.8. The quantitative estimate of drug-likeness (QED) is 0.869. The summed E-state index contributed by atoms with van der Waals surface area (Å²) in [5.74, 6) is -0.143. The molecule has 1 aromatic rings. The van der Waals surface area contributed by atoms with E-state index in [1.807, 2.05) is 6.07 Å². The van der Waals surface area contributed by atoms with E-state index in [0.717, 1.165) is 24.3 Å². The molecule has 21 heavy (non-hydrogen) atoms. The standard InChI is InChI=1S/C16H23FN2O2/c1-20-15-9-19(10-16(15)21-2)14-5-3-4-13(17)12(14)8-18-11-6-7-11/h3-5,11,15-16,18H,6-10H2,1-2H3. The maximum Gasteiger partial charge on any atom is 0.129 e. The SMILES string of the molecule is COC1CN(c2cccc(F)c2CNC2CC2)CC1OC. The molecule has 0 bridgehead atoms. The minimum absolute atomic E-state index is 0.0301. The highest BCUT2D eigenvalue weighted by molar-refractivity contribution is 5.55. The van der Waals surface area contributed by atoms with Crippen molar-refractivity contribution in [2.24, 2.45) is 0 Å². The second kappa shape index (κ2) is 6.30. The Kier molecular flexibility index (Phi) is 4.42. The van der Waals surface area contributed by atoms with E-state index in [0.29, 0.717) is 12.6 Å². The highest BCUT2D eigenvalue weighted by Crippen LogP contribution is 2.29. The van der Waals surface area contributed by atoms with Crippen LogP contribution in [0.3, 0.4) is 0 Å². The van der Waals surface area contributed by atoms with Crippen molar-refractivity contribution in [1.82, 2.24) is 5.32 Å². The maximum absolute atomic E-state index is 14.2. The van der Waals surface area contributed by atoms with Gasteiger partial charge in [-0.05, 0) is 25.0 Å². The molecule has 0 radical (unpaired) electrons. The van der Waals surface area contributed by atoms with Crippen LogP contribution in [0.15, 0.2) is 18.2 Å². The number of nitrogens with zero attached hydrogens (tertiary/aromatic N) is 1. The lowest BCUT2D eigenvalue weighted by Crippen LogP contribution is -2.27. The van der Waals surface area contributed by atoms with Gasteiger partial charge in [-0.1, -0.05) is 6.07 Å². The van der Waals surface area contributed by atoms with Gasteiger partial charge in [0.1, 0.15) is 18.0 Å². The zero-order chi connectivity index (χ0) is 14.8. The maximum atomic E-state index is 14.2. The topological polar surface area (TPSA) is 33.7 Å². The molecule has 1 N–H and O–H groups in total. The first-order chi connectivity index (χ1) is 10.2. The Labute approximate surface area is 125 Å². The molecule has 0 aromatic heterocycles. The predicted molar refractivity (Wildman–Crippen MR) is 80.1 cm³/mol. The number of hydrogen-bond donors (Lipinski definition) is 1. The van der Waals surface area contributed by atoms with E-state index in [9.17, 15) is 4.39 Å². The lowest BCUT2D eigenvalue weighted by atomic mass is 10.1. The third kappa shape index (κ3) is 3.20. The van der Waals surface area contributed by atoms with Crippen LogP contribution in [0.1, 0.15) is 18.4 Å². The molecule has 2 fully saturated rings. The van der Waals surface area contributed by atoms with Gasteiger partial charge in [0.25, 0.3) is 0 Å². The molecule has 1 heterocycles. The number of nitrogens with one attached hydrogen (secondary N) is 1. The minimum Gasteiger partial charge on any atom is -0.377 e. The number of hydrogen-bond acceptors (Lipinski definition) is 4. The molecule has 1 aliphatic carbocycles. The third-order valence-electron chi connectivity index (χ3n) is 4.40. The van der Waals surface area contributed by atoms with Crippen molar-refractivity contribution >= 4 is 5.69 Å². The van der Waals surface area contributed by atoms with Gasteiger partial charge in [-0.3, -0.25) is 0 Å². The molecule has 0 amide bonds. The lowest BCUT2D eigenvalue weighted by molar-refractivity contribution is -0.00461. The summed E-state index contributed by atoms with van der Waals surface area (Å²) in [4.78, 5) is 2.16. The number of methoxy groups -OCH3 is 2. The van der Waals surface area contributed by atoms with Gasteiger partial charge in [-0.25, -0.2) is 4.39 Å². The van der Waals surface area contributed by atoms with Gasteiger partial charge >= 0.3 is 0 Å². The van der Waals surface area contributed by atoms with Gasteiger partial charge in [-0.2, -0.15) is 0 Å². The molecule has 2 unspecified atom stereocenters. The van der Waals surface area contributed by atoms with Crippen molar-refractivity contribution in [3.05, 3.63) is 29.6 Å².